The van der Waals surface area contributed by atoms with Gasteiger partial charge in [-0.25, -0.2) is 0 Å². The maximum Gasteiger partial charge on any atom is 0.247 e. The molecule has 104 valence electrons. The Kier molecular flexibility index (Phi) is 3.49. The SMILES string of the molecule is Cc1ccc(/C=C/C(=O)N2CCc3sccc3C2C)o1. The van der Waals surface area contributed by atoms with Gasteiger partial charge in [-0.15, -0.1) is 11.3 Å². The molecule has 1 aliphatic heterocycles. The fourth-order valence-corrected chi connectivity index (χ4v) is 3.57. The van der Waals surface area contributed by atoms with Gasteiger partial charge in [-0.1, -0.05) is 0 Å². The van der Waals surface area contributed by atoms with Crippen molar-refractivity contribution in [1.29, 1.82) is 0 Å². The van der Waals surface area contributed by atoms with Crippen LogP contribution in [0.15, 0.2) is 34.1 Å². The van der Waals surface area contributed by atoms with Gasteiger partial charge in [0.2, 0.25) is 5.91 Å². The highest BCUT2D eigenvalue weighted by Gasteiger charge is 2.26. The first-order chi connectivity index (χ1) is 9.65. The van der Waals surface area contributed by atoms with Crippen LogP contribution in [0.25, 0.3) is 6.08 Å². The van der Waals surface area contributed by atoms with Gasteiger partial charge in [-0.05, 0) is 55.5 Å². The number of thiophene rings is 1. The number of nitrogens with zero attached hydrogens (tertiary/aromatic N) is 1. The lowest BCUT2D eigenvalue weighted by Crippen LogP contribution is -2.37. The minimum absolute atomic E-state index is 0.0448. The Bertz CT molecular complexity index is 653. The molecule has 0 saturated carbocycles. The first-order valence-corrected chi connectivity index (χ1v) is 7.64. The zero-order valence-corrected chi connectivity index (χ0v) is 12.4. The van der Waals surface area contributed by atoms with Crippen molar-refractivity contribution in [3.8, 4) is 0 Å². The molecule has 2 aromatic rings. The van der Waals surface area contributed by atoms with Crippen molar-refractivity contribution in [2.24, 2.45) is 0 Å². The van der Waals surface area contributed by atoms with E-state index in [1.54, 1.807) is 23.5 Å². The summed E-state index contributed by atoms with van der Waals surface area (Å²) in [6.45, 7) is 4.77. The van der Waals surface area contributed by atoms with Gasteiger partial charge in [0.1, 0.15) is 11.5 Å². The van der Waals surface area contributed by atoms with Crippen molar-refractivity contribution in [3.05, 3.63) is 51.6 Å². The Balaban J connectivity index is 1.74. The van der Waals surface area contributed by atoms with E-state index in [1.165, 1.54) is 10.4 Å². The number of hydrogen-bond donors (Lipinski definition) is 0. The molecule has 0 aromatic carbocycles. The molecule has 0 bridgehead atoms. The molecular weight excluding hydrogens is 270 g/mol. The largest absolute Gasteiger partial charge is 0.462 e. The third-order valence-electron chi connectivity index (χ3n) is 3.71. The van der Waals surface area contributed by atoms with Crippen LogP contribution in [0, 0.1) is 6.92 Å². The van der Waals surface area contributed by atoms with Crippen LogP contribution in [-0.4, -0.2) is 17.4 Å². The first kappa shape index (κ1) is 13.2. The van der Waals surface area contributed by atoms with E-state index in [0.717, 1.165) is 24.5 Å². The van der Waals surface area contributed by atoms with Gasteiger partial charge >= 0.3 is 0 Å². The second-order valence-electron chi connectivity index (χ2n) is 5.04. The number of rotatable bonds is 2. The van der Waals surface area contributed by atoms with Gasteiger partial charge in [0.05, 0.1) is 6.04 Å². The van der Waals surface area contributed by atoms with Gasteiger partial charge in [0, 0.05) is 17.5 Å². The molecule has 1 atom stereocenters. The fourth-order valence-electron chi connectivity index (χ4n) is 2.60. The van der Waals surface area contributed by atoms with Crippen LogP contribution in [0.2, 0.25) is 0 Å². The summed E-state index contributed by atoms with van der Waals surface area (Å²) in [5.41, 5.74) is 1.29. The summed E-state index contributed by atoms with van der Waals surface area (Å²) in [5, 5.41) is 2.11. The van der Waals surface area contributed by atoms with E-state index in [0.29, 0.717) is 0 Å². The normalized spacial score (nSPS) is 18.5. The average molecular weight is 287 g/mol. The summed E-state index contributed by atoms with van der Waals surface area (Å²) in [5.74, 6) is 1.62. The smallest absolute Gasteiger partial charge is 0.247 e. The summed E-state index contributed by atoms with van der Waals surface area (Å²) in [7, 11) is 0. The van der Waals surface area contributed by atoms with E-state index >= 15 is 0 Å². The Labute approximate surface area is 122 Å². The third-order valence-corrected chi connectivity index (χ3v) is 4.71. The number of amides is 1. The highest BCUT2D eigenvalue weighted by molar-refractivity contribution is 7.10. The number of aryl methyl sites for hydroxylation is 1. The minimum Gasteiger partial charge on any atom is -0.462 e. The van der Waals surface area contributed by atoms with Crippen LogP contribution in [0.1, 0.15) is 34.9 Å². The van der Waals surface area contributed by atoms with Crippen LogP contribution in [0.5, 0.6) is 0 Å². The quantitative estimate of drug-likeness (QED) is 0.787. The Hall–Kier alpha value is -1.81. The predicted octanol–water partition coefficient (Wildman–Crippen LogP) is 3.81. The van der Waals surface area contributed by atoms with Crippen molar-refractivity contribution < 1.29 is 9.21 Å². The van der Waals surface area contributed by atoms with Crippen LogP contribution in [0.3, 0.4) is 0 Å². The predicted molar refractivity (Wildman–Crippen MR) is 80.6 cm³/mol. The summed E-state index contributed by atoms with van der Waals surface area (Å²) in [6, 6.07) is 6.05. The zero-order chi connectivity index (χ0) is 14.1. The first-order valence-electron chi connectivity index (χ1n) is 6.76. The molecule has 0 N–H and O–H groups in total. The van der Waals surface area contributed by atoms with Crippen molar-refractivity contribution in [1.82, 2.24) is 4.90 Å². The highest BCUT2D eigenvalue weighted by atomic mass is 32.1. The molecule has 3 rings (SSSR count). The molecule has 0 aliphatic carbocycles. The van der Waals surface area contributed by atoms with Crippen molar-refractivity contribution in [2.75, 3.05) is 6.54 Å². The molecule has 2 aromatic heterocycles. The van der Waals surface area contributed by atoms with E-state index in [4.69, 9.17) is 4.42 Å². The summed E-state index contributed by atoms with van der Waals surface area (Å²) in [6.07, 6.45) is 4.30. The van der Waals surface area contributed by atoms with Crippen molar-refractivity contribution >= 4 is 23.3 Å². The molecule has 1 aliphatic rings. The van der Waals surface area contributed by atoms with Gasteiger partial charge in [0.15, 0.2) is 0 Å². The zero-order valence-electron chi connectivity index (χ0n) is 11.6. The van der Waals surface area contributed by atoms with Gasteiger partial charge in [-0.2, -0.15) is 0 Å². The maximum atomic E-state index is 12.3. The Morgan fingerprint density at radius 1 is 1.45 bits per heavy atom. The summed E-state index contributed by atoms with van der Waals surface area (Å²) in [4.78, 5) is 15.6. The topological polar surface area (TPSA) is 33.5 Å². The van der Waals surface area contributed by atoms with Crippen molar-refractivity contribution in [2.45, 2.75) is 26.3 Å². The molecule has 1 amide bonds. The van der Waals surface area contributed by atoms with Gasteiger partial charge < -0.3 is 9.32 Å². The Morgan fingerprint density at radius 3 is 3.05 bits per heavy atom. The monoisotopic (exact) mass is 287 g/mol. The number of carbonyl (C=O) groups is 1. The lowest BCUT2D eigenvalue weighted by atomic mass is 10.0. The summed E-state index contributed by atoms with van der Waals surface area (Å²) >= 11 is 1.78. The Morgan fingerprint density at radius 2 is 2.30 bits per heavy atom. The molecule has 0 fully saturated rings. The van der Waals surface area contributed by atoms with E-state index < -0.39 is 0 Å². The fraction of sp³-hybridized carbons (Fsp3) is 0.312. The van der Waals surface area contributed by atoms with E-state index in [1.807, 2.05) is 24.0 Å². The molecular formula is C16H17NO2S. The molecule has 3 nitrogen and oxygen atoms in total. The summed E-state index contributed by atoms with van der Waals surface area (Å²) < 4.78 is 5.44. The maximum absolute atomic E-state index is 12.3. The number of furan rings is 1. The molecule has 0 saturated heterocycles. The van der Waals surface area contributed by atoms with Crippen LogP contribution < -0.4 is 0 Å². The second kappa shape index (κ2) is 5.29. The van der Waals surface area contributed by atoms with Gasteiger partial charge in [0.25, 0.3) is 0 Å². The van der Waals surface area contributed by atoms with E-state index in [9.17, 15) is 4.79 Å². The minimum atomic E-state index is 0.0448. The molecule has 4 heteroatoms. The lowest BCUT2D eigenvalue weighted by Gasteiger charge is -2.32. The van der Waals surface area contributed by atoms with E-state index in [2.05, 4.69) is 18.4 Å². The highest BCUT2D eigenvalue weighted by Crippen LogP contribution is 2.32. The lowest BCUT2D eigenvalue weighted by molar-refractivity contribution is -0.128. The van der Waals surface area contributed by atoms with Crippen LogP contribution in [0.4, 0.5) is 0 Å². The molecule has 3 heterocycles. The third kappa shape index (κ3) is 2.43. The van der Waals surface area contributed by atoms with Crippen LogP contribution >= 0.6 is 11.3 Å². The average Bonchev–Trinajstić information content (AvgIpc) is 3.05. The molecule has 0 spiro atoms. The number of hydrogen-bond acceptors (Lipinski definition) is 3. The molecule has 1 unspecified atom stereocenters. The number of fused-ring (bicyclic) bond motifs is 1. The van der Waals surface area contributed by atoms with Crippen LogP contribution in [-0.2, 0) is 11.2 Å². The van der Waals surface area contributed by atoms with Crippen molar-refractivity contribution in [3.63, 3.8) is 0 Å². The van der Waals surface area contributed by atoms with E-state index in [-0.39, 0.29) is 11.9 Å². The molecule has 20 heavy (non-hydrogen) atoms. The van der Waals surface area contributed by atoms with Gasteiger partial charge in [-0.3, -0.25) is 4.79 Å². The number of carbonyl (C=O) groups excluding carboxylic acids is 1. The standard InChI is InChI=1S/C16H17NO2S/c1-11-3-4-13(19-11)5-6-16(18)17-9-7-15-14(12(17)2)8-10-20-15/h3-6,8,10,12H,7,9H2,1-2H3/b6-5+. The second-order valence-corrected chi connectivity index (χ2v) is 6.04. The molecule has 0 radical (unpaired) electrons.